The molecule has 182 valence electrons. The number of hydrogen-bond donors (Lipinski definition) is 2. The van der Waals surface area contributed by atoms with Crippen molar-refractivity contribution in [2.45, 2.75) is 37.6 Å². The van der Waals surface area contributed by atoms with Crippen LogP contribution in [0.3, 0.4) is 0 Å². The summed E-state index contributed by atoms with van der Waals surface area (Å²) in [7, 11) is -3.72. The van der Waals surface area contributed by atoms with Crippen LogP contribution in [0.25, 0.3) is 0 Å². The third-order valence-corrected chi connectivity index (χ3v) is 7.72. The largest absolute Gasteiger partial charge is 0.486 e. The Morgan fingerprint density at radius 3 is 2.38 bits per heavy atom. The summed E-state index contributed by atoms with van der Waals surface area (Å²) < 4.78 is 38.6. The maximum atomic E-state index is 13.1. The van der Waals surface area contributed by atoms with Gasteiger partial charge in [-0.15, -0.1) is 0 Å². The standard InChI is InChI=1S/C24H29N3O6S/c1-16(2)25-24(29)19-5-3-4-6-20(19)26-23(28)17-9-11-27(12-10-17)34(30,31)18-7-8-21-22(15-18)33-14-13-32-21/h3-8,15-17H,9-14H2,1-2H3,(H,25,29)(H,26,28). The van der Waals surface area contributed by atoms with Crippen LogP contribution in [0.15, 0.2) is 47.4 Å². The van der Waals surface area contributed by atoms with Gasteiger partial charge >= 0.3 is 0 Å². The highest BCUT2D eigenvalue weighted by Crippen LogP contribution is 2.34. The molecule has 0 atom stereocenters. The number of carbonyl (C=O) groups excluding carboxylic acids is 2. The smallest absolute Gasteiger partial charge is 0.253 e. The van der Waals surface area contributed by atoms with E-state index in [1.54, 1.807) is 30.3 Å². The molecule has 0 radical (unpaired) electrons. The third-order valence-electron chi connectivity index (χ3n) is 5.83. The summed E-state index contributed by atoms with van der Waals surface area (Å²) in [5.41, 5.74) is 0.833. The zero-order valence-electron chi connectivity index (χ0n) is 19.2. The number of rotatable bonds is 6. The Hall–Kier alpha value is -3.11. The second-order valence-electron chi connectivity index (χ2n) is 8.65. The van der Waals surface area contributed by atoms with E-state index in [9.17, 15) is 18.0 Å². The van der Waals surface area contributed by atoms with Crippen molar-refractivity contribution in [2.24, 2.45) is 5.92 Å². The molecule has 0 spiro atoms. The lowest BCUT2D eigenvalue weighted by Crippen LogP contribution is -2.41. The van der Waals surface area contributed by atoms with E-state index in [4.69, 9.17) is 9.47 Å². The summed E-state index contributed by atoms with van der Waals surface area (Å²) in [6, 6.07) is 11.4. The predicted molar refractivity (Wildman–Crippen MR) is 127 cm³/mol. The molecule has 4 rings (SSSR count). The molecule has 0 aromatic heterocycles. The van der Waals surface area contributed by atoms with Gasteiger partial charge in [-0.1, -0.05) is 12.1 Å². The fourth-order valence-corrected chi connectivity index (χ4v) is 5.54. The van der Waals surface area contributed by atoms with Crippen molar-refractivity contribution in [2.75, 3.05) is 31.6 Å². The van der Waals surface area contributed by atoms with Crippen molar-refractivity contribution in [3.05, 3.63) is 48.0 Å². The van der Waals surface area contributed by atoms with E-state index in [0.717, 1.165) is 0 Å². The van der Waals surface area contributed by atoms with Gasteiger partial charge in [-0.05, 0) is 51.0 Å². The Labute approximate surface area is 199 Å². The van der Waals surface area contributed by atoms with Crippen molar-refractivity contribution >= 4 is 27.5 Å². The van der Waals surface area contributed by atoms with Crippen LogP contribution in [0.1, 0.15) is 37.0 Å². The van der Waals surface area contributed by atoms with E-state index >= 15 is 0 Å². The molecule has 2 aliphatic heterocycles. The van der Waals surface area contributed by atoms with Gasteiger partial charge in [0.1, 0.15) is 13.2 Å². The minimum Gasteiger partial charge on any atom is -0.486 e. The first-order chi connectivity index (χ1) is 16.3. The van der Waals surface area contributed by atoms with E-state index in [2.05, 4.69) is 10.6 Å². The number of sulfonamides is 1. The van der Waals surface area contributed by atoms with Gasteiger partial charge in [-0.2, -0.15) is 4.31 Å². The first-order valence-electron chi connectivity index (χ1n) is 11.4. The fourth-order valence-electron chi connectivity index (χ4n) is 4.06. The minimum atomic E-state index is -3.72. The quantitative estimate of drug-likeness (QED) is 0.648. The molecule has 0 unspecified atom stereocenters. The van der Waals surface area contributed by atoms with Crippen molar-refractivity contribution < 1.29 is 27.5 Å². The normalized spacial score (nSPS) is 16.8. The number of hydrogen-bond acceptors (Lipinski definition) is 6. The molecule has 2 amide bonds. The van der Waals surface area contributed by atoms with E-state index < -0.39 is 10.0 Å². The van der Waals surface area contributed by atoms with Crippen molar-refractivity contribution in [1.29, 1.82) is 0 Å². The molecule has 0 saturated carbocycles. The van der Waals surface area contributed by atoms with Crippen molar-refractivity contribution in [3.8, 4) is 11.5 Å². The number of fused-ring (bicyclic) bond motifs is 1. The molecule has 2 heterocycles. The van der Waals surface area contributed by atoms with E-state index in [0.29, 0.717) is 48.8 Å². The predicted octanol–water partition coefficient (Wildman–Crippen LogP) is 2.64. The first-order valence-corrected chi connectivity index (χ1v) is 12.8. The maximum Gasteiger partial charge on any atom is 0.253 e. The molecule has 1 fully saturated rings. The summed E-state index contributed by atoms with van der Waals surface area (Å²) in [5.74, 6) is 0.116. The molecule has 2 aliphatic rings. The van der Waals surface area contributed by atoms with Gasteiger partial charge in [-0.25, -0.2) is 8.42 Å². The number of ether oxygens (including phenoxy) is 2. The average Bonchev–Trinajstić information content (AvgIpc) is 2.83. The Kier molecular flexibility index (Phi) is 7.08. The molecule has 1 saturated heterocycles. The van der Waals surface area contributed by atoms with E-state index in [1.165, 1.54) is 16.4 Å². The van der Waals surface area contributed by atoms with Crippen LogP contribution in [0.4, 0.5) is 5.69 Å². The zero-order valence-corrected chi connectivity index (χ0v) is 20.1. The van der Waals surface area contributed by atoms with E-state index in [-0.39, 0.29) is 41.8 Å². The summed E-state index contributed by atoms with van der Waals surface area (Å²) in [5, 5.41) is 5.68. The van der Waals surface area contributed by atoms with Gasteiger partial charge in [0.05, 0.1) is 16.1 Å². The Morgan fingerprint density at radius 1 is 1.00 bits per heavy atom. The Morgan fingerprint density at radius 2 is 1.68 bits per heavy atom. The number of nitrogens with zero attached hydrogens (tertiary/aromatic N) is 1. The number of piperidine rings is 1. The number of benzene rings is 2. The summed E-state index contributed by atoms with van der Waals surface area (Å²) in [4.78, 5) is 25.5. The Balaban J connectivity index is 1.39. The van der Waals surface area contributed by atoms with E-state index in [1.807, 2.05) is 13.8 Å². The summed E-state index contributed by atoms with van der Waals surface area (Å²) in [6.07, 6.45) is 0.770. The average molecular weight is 488 g/mol. The van der Waals surface area contributed by atoms with Gasteiger partial charge in [0, 0.05) is 31.1 Å². The lowest BCUT2D eigenvalue weighted by molar-refractivity contribution is -0.120. The highest BCUT2D eigenvalue weighted by atomic mass is 32.2. The van der Waals surface area contributed by atoms with Crippen LogP contribution in [-0.2, 0) is 14.8 Å². The highest BCUT2D eigenvalue weighted by molar-refractivity contribution is 7.89. The Bertz CT molecular complexity index is 1170. The monoisotopic (exact) mass is 487 g/mol. The molecule has 2 N–H and O–H groups in total. The lowest BCUT2D eigenvalue weighted by atomic mass is 9.97. The van der Waals surface area contributed by atoms with Crippen LogP contribution >= 0.6 is 0 Å². The van der Waals surface area contributed by atoms with Gasteiger partial charge < -0.3 is 20.1 Å². The van der Waals surface area contributed by atoms with Gasteiger partial charge in [-0.3, -0.25) is 9.59 Å². The molecular weight excluding hydrogens is 458 g/mol. The number of carbonyl (C=O) groups is 2. The molecule has 34 heavy (non-hydrogen) atoms. The van der Waals surface area contributed by atoms with Crippen LogP contribution in [0.5, 0.6) is 11.5 Å². The summed E-state index contributed by atoms with van der Waals surface area (Å²) >= 11 is 0. The summed E-state index contributed by atoms with van der Waals surface area (Å²) in [6.45, 7) is 4.99. The molecular formula is C24H29N3O6S. The van der Waals surface area contributed by atoms with Gasteiger partial charge in [0.2, 0.25) is 15.9 Å². The minimum absolute atomic E-state index is 0.0308. The molecule has 9 nitrogen and oxygen atoms in total. The molecule has 2 aromatic rings. The van der Waals surface area contributed by atoms with Crippen molar-refractivity contribution in [3.63, 3.8) is 0 Å². The second kappa shape index (κ2) is 10.0. The van der Waals surface area contributed by atoms with Gasteiger partial charge in [0.15, 0.2) is 11.5 Å². The third kappa shape index (κ3) is 5.18. The SMILES string of the molecule is CC(C)NC(=O)c1ccccc1NC(=O)C1CCN(S(=O)(=O)c2ccc3c(c2)OCCO3)CC1. The topological polar surface area (TPSA) is 114 Å². The maximum absolute atomic E-state index is 13.1. The van der Waals surface area contributed by atoms with Crippen LogP contribution < -0.4 is 20.1 Å². The fraction of sp³-hybridized carbons (Fsp3) is 0.417. The second-order valence-corrected chi connectivity index (χ2v) is 10.6. The lowest BCUT2D eigenvalue weighted by Gasteiger charge is -2.31. The number of nitrogens with one attached hydrogen (secondary N) is 2. The highest BCUT2D eigenvalue weighted by Gasteiger charge is 2.33. The molecule has 0 aliphatic carbocycles. The van der Waals surface area contributed by atoms with Crippen molar-refractivity contribution in [1.82, 2.24) is 9.62 Å². The van der Waals surface area contributed by atoms with Gasteiger partial charge in [0.25, 0.3) is 5.91 Å². The van der Waals surface area contributed by atoms with Crippen LogP contribution in [0, 0.1) is 5.92 Å². The van der Waals surface area contributed by atoms with Crippen LogP contribution in [0.2, 0.25) is 0 Å². The van der Waals surface area contributed by atoms with Crippen LogP contribution in [-0.4, -0.2) is 56.9 Å². The number of amides is 2. The number of anilines is 1. The molecule has 0 bridgehead atoms. The number of para-hydroxylation sites is 1. The first kappa shape index (κ1) is 24.0. The molecule has 10 heteroatoms. The molecule has 2 aromatic carbocycles. The zero-order chi connectivity index (χ0) is 24.3.